The molecule has 1 amide bonds. The van der Waals surface area contributed by atoms with Crippen molar-refractivity contribution in [3.63, 3.8) is 0 Å². The van der Waals surface area contributed by atoms with Crippen molar-refractivity contribution in [1.29, 1.82) is 0 Å². The minimum absolute atomic E-state index is 0. The summed E-state index contributed by atoms with van der Waals surface area (Å²) in [6.45, 7) is 5.88. The fourth-order valence-electron chi connectivity index (χ4n) is 4.03. The van der Waals surface area contributed by atoms with E-state index in [0.29, 0.717) is 24.1 Å². The van der Waals surface area contributed by atoms with Crippen LogP contribution in [0, 0.1) is 13.8 Å². The molecule has 2 N–H and O–H groups in total. The van der Waals surface area contributed by atoms with Crippen LogP contribution in [0.2, 0.25) is 0 Å². The predicted octanol–water partition coefficient (Wildman–Crippen LogP) is 1.41. The Morgan fingerprint density at radius 1 is 1.34 bits per heavy atom. The van der Waals surface area contributed by atoms with Gasteiger partial charge < -0.3 is 10.2 Å². The molecule has 1 fully saturated rings. The summed E-state index contributed by atoms with van der Waals surface area (Å²) in [7, 11) is 1.76. The van der Waals surface area contributed by atoms with Crippen molar-refractivity contribution >= 4 is 29.3 Å². The number of aryl methyl sites for hydroxylation is 3. The molecule has 0 bridgehead atoms. The highest BCUT2D eigenvalue weighted by Gasteiger charge is 2.29. The molecule has 3 aromatic heterocycles. The number of H-pyrrole nitrogens is 1. The number of aromatic nitrogens is 4. The zero-order valence-electron chi connectivity index (χ0n) is 16.7. The highest BCUT2D eigenvalue weighted by molar-refractivity contribution is 5.85. The molecule has 9 heteroatoms. The van der Waals surface area contributed by atoms with Gasteiger partial charge in [-0.3, -0.25) is 24.4 Å². The van der Waals surface area contributed by atoms with Crippen molar-refractivity contribution in [2.45, 2.75) is 26.3 Å². The van der Waals surface area contributed by atoms with Gasteiger partial charge in [0.15, 0.2) is 5.65 Å². The van der Waals surface area contributed by atoms with Gasteiger partial charge in [0.2, 0.25) is 5.91 Å². The number of nitrogens with zero attached hydrogens (tertiary/aromatic N) is 4. The molecule has 1 saturated heterocycles. The van der Waals surface area contributed by atoms with Crippen LogP contribution in [0.4, 0.5) is 0 Å². The van der Waals surface area contributed by atoms with Crippen LogP contribution in [0.15, 0.2) is 29.3 Å². The lowest BCUT2D eigenvalue weighted by atomic mass is 9.99. The number of rotatable bonds is 3. The van der Waals surface area contributed by atoms with Crippen molar-refractivity contribution in [2.24, 2.45) is 7.05 Å². The predicted molar refractivity (Wildman–Crippen MR) is 113 cm³/mol. The lowest BCUT2D eigenvalue weighted by molar-refractivity contribution is -0.133. The molecule has 0 radical (unpaired) electrons. The molecule has 1 aliphatic rings. The molecular weight excluding hydrogens is 392 g/mol. The van der Waals surface area contributed by atoms with Gasteiger partial charge in [-0.05, 0) is 36.6 Å². The number of fused-ring (bicyclic) bond motifs is 1. The van der Waals surface area contributed by atoms with Crippen molar-refractivity contribution in [2.75, 3.05) is 19.6 Å². The Balaban J connectivity index is 0.00000240. The van der Waals surface area contributed by atoms with E-state index in [-0.39, 0.29) is 36.3 Å². The summed E-state index contributed by atoms with van der Waals surface area (Å²) < 4.78 is 1.62. The van der Waals surface area contributed by atoms with Gasteiger partial charge in [0.05, 0.1) is 17.8 Å². The Morgan fingerprint density at radius 3 is 2.86 bits per heavy atom. The number of nitrogens with one attached hydrogen (secondary N) is 2. The first-order valence-electron chi connectivity index (χ1n) is 9.42. The molecule has 3 aromatic rings. The number of carbonyl (C=O) groups excluding carboxylic acids is 1. The van der Waals surface area contributed by atoms with E-state index < -0.39 is 0 Å². The van der Waals surface area contributed by atoms with Crippen LogP contribution in [-0.2, 0) is 18.3 Å². The molecule has 154 valence electrons. The monoisotopic (exact) mass is 416 g/mol. The molecule has 8 nitrogen and oxygen atoms in total. The van der Waals surface area contributed by atoms with Crippen LogP contribution in [0.25, 0.3) is 11.0 Å². The van der Waals surface area contributed by atoms with Crippen molar-refractivity contribution < 1.29 is 4.79 Å². The third kappa shape index (κ3) is 3.77. The molecule has 1 aliphatic heterocycles. The van der Waals surface area contributed by atoms with E-state index >= 15 is 0 Å². The summed E-state index contributed by atoms with van der Waals surface area (Å²) in [6, 6.07) is 3.84. The van der Waals surface area contributed by atoms with Gasteiger partial charge in [0, 0.05) is 44.8 Å². The zero-order chi connectivity index (χ0) is 19.8. The number of aromatic amines is 1. The van der Waals surface area contributed by atoms with E-state index in [1.54, 1.807) is 17.9 Å². The molecule has 0 aliphatic carbocycles. The Labute approximate surface area is 174 Å². The van der Waals surface area contributed by atoms with E-state index in [2.05, 4.69) is 20.4 Å². The molecule has 4 rings (SSSR count). The molecule has 4 heterocycles. The van der Waals surface area contributed by atoms with Gasteiger partial charge in [-0.2, -0.15) is 0 Å². The molecular formula is C20H25ClN6O2. The maximum Gasteiger partial charge on any atom is 0.273 e. The summed E-state index contributed by atoms with van der Waals surface area (Å²) in [4.78, 5) is 36.2. The van der Waals surface area contributed by atoms with Gasteiger partial charge in [0.25, 0.3) is 5.56 Å². The Kier molecular flexibility index (Phi) is 6.04. The highest BCUT2D eigenvalue weighted by atomic mass is 35.5. The maximum absolute atomic E-state index is 13.2. The molecule has 0 saturated carbocycles. The second-order valence-electron chi connectivity index (χ2n) is 7.27. The van der Waals surface area contributed by atoms with Gasteiger partial charge in [-0.25, -0.2) is 4.98 Å². The second kappa shape index (κ2) is 8.34. The summed E-state index contributed by atoms with van der Waals surface area (Å²) in [5, 5.41) is 6.66. The first-order valence-corrected chi connectivity index (χ1v) is 9.42. The van der Waals surface area contributed by atoms with Crippen LogP contribution >= 0.6 is 12.4 Å². The fourth-order valence-corrected chi connectivity index (χ4v) is 4.03. The van der Waals surface area contributed by atoms with Crippen LogP contribution < -0.4 is 10.9 Å². The minimum Gasteiger partial charge on any atom is -0.333 e. The van der Waals surface area contributed by atoms with E-state index in [4.69, 9.17) is 0 Å². The Bertz CT molecular complexity index is 1090. The summed E-state index contributed by atoms with van der Waals surface area (Å²) in [6.07, 6.45) is 3.77. The van der Waals surface area contributed by atoms with Gasteiger partial charge >= 0.3 is 0 Å². The van der Waals surface area contributed by atoms with E-state index in [0.717, 1.165) is 28.9 Å². The summed E-state index contributed by atoms with van der Waals surface area (Å²) in [5.74, 6) is 0.0371. The fraction of sp³-hybridized carbons (Fsp3) is 0.400. The number of hydrogen-bond acceptors (Lipinski definition) is 5. The first kappa shape index (κ1) is 21.0. The SMILES string of the molecule is Cc1nc2c(c(C)c1CC(=O)N1CCNCC1c1cccnc1)c(=O)[nH]n2C.Cl. The second-order valence-corrected chi connectivity index (χ2v) is 7.27. The van der Waals surface area contributed by atoms with Crippen molar-refractivity contribution in [3.8, 4) is 0 Å². The normalized spacial score (nSPS) is 16.7. The summed E-state index contributed by atoms with van der Waals surface area (Å²) in [5.41, 5.74) is 3.90. The first-order chi connectivity index (χ1) is 13.5. The number of piperazine rings is 1. The van der Waals surface area contributed by atoms with Gasteiger partial charge in [-0.1, -0.05) is 6.07 Å². The maximum atomic E-state index is 13.2. The standard InChI is InChI=1S/C20H24N6O2.ClH/c1-12-15(13(2)23-19-18(12)20(28)24-25(19)3)9-17(27)26-8-7-22-11-16(26)14-5-4-6-21-10-14;/h4-6,10,16,22H,7-9,11H2,1-3H3,(H,24,28);1H. The zero-order valence-corrected chi connectivity index (χ0v) is 17.5. The van der Waals surface area contributed by atoms with Crippen LogP contribution in [0.1, 0.15) is 28.4 Å². The number of amides is 1. The molecule has 0 spiro atoms. The van der Waals surface area contributed by atoms with Gasteiger partial charge in [-0.15, -0.1) is 12.4 Å². The Hall–Kier alpha value is -2.71. The largest absolute Gasteiger partial charge is 0.333 e. The van der Waals surface area contributed by atoms with Crippen molar-refractivity contribution in [1.82, 2.24) is 30.0 Å². The number of hydrogen-bond donors (Lipinski definition) is 2. The average molecular weight is 417 g/mol. The number of pyridine rings is 2. The lowest BCUT2D eigenvalue weighted by Crippen LogP contribution is -2.49. The minimum atomic E-state index is -0.174. The topological polar surface area (TPSA) is 95.9 Å². The lowest BCUT2D eigenvalue weighted by Gasteiger charge is -2.36. The van der Waals surface area contributed by atoms with E-state index in [1.165, 1.54) is 0 Å². The van der Waals surface area contributed by atoms with Crippen LogP contribution in [0.5, 0.6) is 0 Å². The molecule has 0 aromatic carbocycles. The van der Waals surface area contributed by atoms with Gasteiger partial charge in [0.1, 0.15) is 0 Å². The molecule has 29 heavy (non-hydrogen) atoms. The third-order valence-corrected chi connectivity index (χ3v) is 5.54. The Morgan fingerprint density at radius 2 is 2.14 bits per heavy atom. The van der Waals surface area contributed by atoms with E-state index in [9.17, 15) is 9.59 Å². The van der Waals surface area contributed by atoms with Crippen molar-refractivity contribution in [3.05, 3.63) is 57.3 Å². The number of halogens is 1. The number of carbonyl (C=O) groups is 1. The molecule has 1 atom stereocenters. The van der Waals surface area contributed by atoms with E-state index in [1.807, 2.05) is 37.1 Å². The smallest absolute Gasteiger partial charge is 0.273 e. The highest BCUT2D eigenvalue weighted by Crippen LogP contribution is 2.25. The quantitative estimate of drug-likeness (QED) is 0.673. The average Bonchev–Trinajstić information content (AvgIpc) is 2.99. The van der Waals surface area contributed by atoms with Crippen LogP contribution in [-0.4, -0.2) is 50.2 Å². The summed E-state index contributed by atoms with van der Waals surface area (Å²) >= 11 is 0. The molecule has 1 unspecified atom stereocenters. The van der Waals surface area contributed by atoms with Crippen LogP contribution in [0.3, 0.4) is 0 Å². The third-order valence-electron chi connectivity index (χ3n) is 5.54.